The van der Waals surface area contributed by atoms with Crippen LogP contribution < -0.4 is 10.6 Å². The van der Waals surface area contributed by atoms with Gasteiger partial charge in [-0.15, -0.1) is 0 Å². The van der Waals surface area contributed by atoms with Crippen molar-refractivity contribution in [2.24, 2.45) is 7.05 Å². The number of carbonyl (C=O) groups is 2. The SMILES string of the molecule is Cn1cc(C(=O)NCC(=O)Nc2ccc(F)c(F)c2F)c(-c2ccc(F)cc2F)n1. The van der Waals surface area contributed by atoms with E-state index in [4.69, 9.17) is 0 Å². The summed E-state index contributed by atoms with van der Waals surface area (Å²) in [6, 6.07) is 4.20. The Labute approximate surface area is 166 Å². The van der Waals surface area contributed by atoms with E-state index in [2.05, 4.69) is 10.4 Å². The fourth-order valence-electron chi connectivity index (χ4n) is 2.61. The van der Waals surface area contributed by atoms with Crippen molar-refractivity contribution in [2.75, 3.05) is 11.9 Å². The third kappa shape index (κ3) is 4.29. The molecule has 2 N–H and O–H groups in total. The fraction of sp³-hybridized carbons (Fsp3) is 0.105. The molecule has 11 heteroatoms. The zero-order valence-corrected chi connectivity index (χ0v) is 15.3. The van der Waals surface area contributed by atoms with Crippen molar-refractivity contribution in [2.45, 2.75) is 0 Å². The normalized spacial score (nSPS) is 10.7. The van der Waals surface area contributed by atoms with Crippen molar-refractivity contribution in [3.8, 4) is 11.3 Å². The van der Waals surface area contributed by atoms with Crippen LogP contribution in [0.4, 0.5) is 27.6 Å². The summed E-state index contributed by atoms with van der Waals surface area (Å²) in [5, 5.41) is 8.20. The maximum atomic E-state index is 14.1. The Morgan fingerprint density at radius 1 is 1.00 bits per heavy atom. The van der Waals surface area contributed by atoms with Gasteiger partial charge < -0.3 is 10.6 Å². The maximum absolute atomic E-state index is 14.1. The maximum Gasteiger partial charge on any atom is 0.255 e. The number of amides is 2. The number of carbonyl (C=O) groups excluding carboxylic acids is 2. The number of nitrogens with zero attached hydrogens (tertiary/aromatic N) is 2. The number of nitrogens with one attached hydrogen (secondary N) is 2. The van der Waals surface area contributed by atoms with Crippen LogP contribution in [0.3, 0.4) is 0 Å². The molecular weight excluding hydrogens is 411 g/mol. The van der Waals surface area contributed by atoms with Crippen molar-refractivity contribution < 1.29 is 31.5 Å². The highest BCUT2D eigenvalue weighted by Gasteiger charge is 2.21. The van der Waals surface area contributed by atoms with Crippen LogP contribution in [0.2, 0.25) is 0 Å². The van der Waals surface area contributed by atoms with Gasteiger partial charge >= 0.3 is 0 Å². The third-order valence-electron chi connectivity index (χ3n) is 3.98. The first-order valence-electron chi connectivity index (χ1n) is 8.38. The zero-order valence-electron chi connectivity index (χ0n) is 15.3. The van der Waals surface area contributed by atoms with Gasteiger partial charge in [0.05, 0.1) is 17.8 Å². The van der Waals surface area contributed by atoms with Crippen molar-refractivity contribution in [1.82, 2.24) is 15.1 Å². The standard InChI is InChI=1S/C19H13F5N4O2/c1-28-8-11(18(27-28)10-3-2-9(20)6-13(10)22)19(30)25-7-15(29)26-14-5-4-12(21)16(23)17(14)24/h2-6,8H,7H2,1H3,(H,25,30)(H,26,29). The second-order valence-electron chi connectivity index (χ2n) is 6.14. The molecule has 156 valence electrons. The Balaban J connectivity index is 1.73. The lowest BCUT2D eigenvalue weighted by Crippen LogP contribution is -2.33. The number of halogens is 5. The molecule has 2 amide bonds. The van der Waals surface area contributed by atoms with E-state index in [1.54, 1.807) is 0 Å². The van der Waals surface area contributed by atoms with Gasteiger partial charge in [0.2, 0.25) is 5.91 Å². The number of benzene rings is 2. The average Bonchev–Trinajstić information content (AvgIpc) is 3.08. The largest absolute Gasteiger partial charge is 0.343 e. The number of hydrogen-bond donors (Lipinski definition) is 2. The molecule has 0 unspecified atom stereocenters. The van der Waals surface area contributed by atoms with E-state index in [0.29, 0.717) is 12.1 Å². The van der Waals surface area contributed by atoms with Crippen molar-refractivity contribution in [3.63, 3.8) is 0 Å². The number of anilines is 1. The molecule has 6 nitrogen and oxygen atoms in total. The van der Waals surface area contributed by atoms with E-state index in [-0.39, 0.29) is 16.8 Å². The summed E-state index contributed by atoms with van der Waals surface area (Å²) >= 11 is 0. The van der Waals surface area contributed by atoms with E-state index in [9.17, 15) is 31.5 Å². The quantitative estimate of drug-likeness (QED) is 0.488. The fourth-order valence-corrected chi connectivity index (χ4v) is 2.61. The molecular formula is C19H13F5N4O2. The molecule has 0 saturated carbocycles. The lowest BCUT2D eigenvalue weighted by molar-refractivity contribution is -0.115. The zero-order chi connectivity index (χ0) is 22.0. The molecule has 0 spiro atoms. The highest BCUT2D eigenvalue weighted by molar-refractivity contribution is 6.02. The first kappa shape index (κ1) is 21.0. The highest BCUT2D eigenvalue weighted by atomic mass is 19.2. The molecule has 2 aromatic carbocycles. The molecule has 0 aliphatic heterocycles. The number of rotatable bonds is 5. The Bertz CT molecular complexity index is 1150. The Hall–Kier alpha value is -3.76. The number of aryl methyl sites for hydroxylation is 1. The first-order valence-corrected chi connectivity index (χ1v) is 8.38. The highest BCUT2D eigenvalue weighted by Crippen LogP contribution is 2.25. The molecule has 1 aromatic heterocycles. The topological polar surface area (TPSA) is 76.0 Å². The summed E-state index contributed by atoms with van der Waals surface area (Å²) in [5.41, 5.74) is -0.923. The summed E-state index contributed by atoms with van der Waals surface area (Å²) in [7, 11) is 1.47. The Morgan fingerprint density at radius 2 is 1.73 bits per heavy atom. The van der Waals surface area contributed by atoms with Crippen LogP contribution in [0.5, 0.6) is 0 Å². The van der Waals surface area contributed by atoms with Crippen LogP contribution in [0.25, 0.3) is 11.3 Å². The van der Waals surface area contributed by atoms with Gasteiger partial charge in [-0.05, 0) is 24.3 Å². The molecule has 0 aliphatic carbocycles. The van der Waals surface area contributed by atoms with Gasteiger partial charge in [0.1, 0.15) is 17.3 Å². The molecule has 0 aliphatic rings. The first-order chi connectivity index (χ1) is 14.2. The van der Waals surface area contributed by atoms with Crippen molar-refractivity contribution in [1.29, 1.82) is 0 Å². The van der Waals surface area contributed by atoms with Gasteiger partial charge in [-0.3, -0.25) is 14.3 Å². The second kappa shape index (κ2) is 8.31. The minimum Gasteiger partial charge on any atom is -0.343 e. The second-order valence-corrected chi connectivity index (χ2v) is 6.14. The van der Waals surface area contributed by atoms with Gasteiger partial charge in [0.15, 0.2) is 17.5 Å². The summed E-state index contributed by atoms with van der Waals surface area (Å²) in [5.74, 6) is -8.24. The van der Waals surface area contributed by atoms with E-state index in [1.165, 1.54) is 17.9 Å². The Kier molecular flexibility index (Phi) is 5.81. The third-order valence-corrected chi connectivity index (χ3v) is 3.98. The molecule has 0 bridgehead atoms. The molecule has 0 saturated heterocycles. The smallest absolute Gasteiger partial charge is 0.255 e. The van der Waals surface area contributed by atoms with Crippen LogP contribution in [-0.2, 0) is 11.8 Å². The molecule has 3 aromatic rings. The molecule has 0 fully saturated rings. The number of hydrogen-bond acceptors (Lipinski definition) is 3. The molecule has 1 heterocycles. The lowest BCUT2D eigenvalue weighted by atomic mass is 10.1. The van der Waals surface area contributed by atoms with Crippen LogP contribution in [0.1, 0.15) is 10.4 Å². The molecule has 3 rings (SSSR count). The summed E-state index contributed by atoms with van der Waals surface area (Å²) in [6.45, 7) is -0.655. The van der Waals surface area contributed by atoms with E-state index < -0.39 is 53.1 Å². The predicted molar refractivity (Wildman–Crippen MR) is 95.8 cm³/mol. The van der Waals surface area contributed by atoms with Gasteiger partial charge in [0, 0.05) is 24.9 Å². The van der Waals surface area contributed by atoms with Gasteiger partial charge in [-0.2, -0.15) is 5.10 Å². The summed E-state index contributed by atoms with van der Waals surface area (Å²) in [6.07, 6.45) is 1.26. The monoisotopic (exact) mass is 424 g/mol. The van der Waals surface area contributed by atoms with Crippen LogP contribution >= 0.6 is 0 Å². The van der Waals surface area contributed by atoms with Crippen molar-refractivity contribution in [3.05, 3.63) is 71.2 Å². The van der Waals surface area contributed by atoms with E-state index >= 15 is 0 Å². The molecule has 30 heavy (non-hydrogen) atoms. The summed E-state index contributed by atoms with van der Waals surface area (Å²) in [4.78, 5) is 24.3. The van der Waals surface area contributed by atoms with Gasteiger partial charge in [0.25, 0.3) is 5.91 Å². The van der Waals surface area contributed by atoms with E-state index in [0.717, 1.165) is 18.2 Å². The molecule has 0 radical (unpaired) electrons. The van der Waals surface area contributed by atoms with Crippen LogP contribution in [0, 0.1) is 29.1 Å². The van der Waals surface area contributed by atoms with E-state index in [1.807, 2.05) is 5.32 Å². The minimum absolute atomic E-state index is 0.0837. The average molecular weight is 424 g/mol. The summed E-state index contributed by atoms with van der Waals surface area (Å²) < 4.78 is 68.2. The van der Waals surface area contributed by atoms with Crippen LogP contribution in [0.15, 0.2) is 36.5 Å². The predicted octanol–water partition coefficient (Wildman–Crippen LogP) is 3.15. The van der Waals surface area contributed by atoms with Crippen LogP contribution in [-0.4, -0.2) is 28.1 Å². The van der Waals surface area contributed by atoms with Crippen molar-refractivity contribution >= 4 is 17.5 Å². The van der Waals surface area contributed by atoms with Gasteiger partial charge in [-0.25, -0.2) is 22.0 Å². The lowest BCUT2D eigenvalue weighted by Gasteiger charge is -2.09. The minimum atomic E-state index is -1.75. The Morgan fingerprint density at radius 3 is 2.43 bits per heavy atom. The molecule has 0 atom stereocenters. The van der Waals surface area contributed by atoms with Gasteiger partial charge in [-0.1, -0.05) is 0 Å². The number of aromatic nitrogens is 2.